The molecule has 1 amide bonds. The lowest BCUT2D eigenvalue weighted by molar-refractivity contribution is -0.153. The largest absolute Gasteiger partial charge is 0.456 e. The molecule has 2 atom stereocenters. The Hall–Kier alpha value is -1.14. The zero-order chi connectivity index (χ0) is 18.4. The van der Waals surface area contributed by atoms with Crippen LogP contribution in [0.25, 0.3) is 0 Å². The van der Waals surface area contributed by atoms with E-state index in [0.717, 1.165) is 37.5 Å². The van der Waals surface area contributed by atoms with Crippen LogP contribution < -0.4 is 5.73 Å². The van der Waals surface area contributed by atoms with Gasteiger partial charge in [-0.2, -0.15) is 0 Å². The lowest BCUT2D eigenvalue weighted by Crippen LogP contribution is -2.57. The molecule has 25 heavy (non-hydrogen) atoms. The molecule has 0 bridgehead atoms. The van der Waals surface area contributed by atoms with Gasteiger partial charge in [0.15, 0.2) is 6.61 Å². The number of carbonyl (C=O) groups excluding carboxylic acids is 2. The number of likely N-dealkylation sites (tertiary alicyclic amines) is 1. The van der Waals surface area contributed by atoms with Gasteiger partial charge in [-0.3, -0.25) is 9.59 Å². The van der Waals surface area contributed by atoms with Crippen LogP contribution in [-0.4, -0.2) is 54.7 Å². The quantitative estimate of drug-likeness (QED) is 0.739. The minimum Gasteiger partial charge on any atom is -0.456 e. The fourth-order valence-corrected chi connectivity index (χ4v) is 4.01. The van der Waals surface area contributed by atoms with Gasteiger partial charge in [0.1, 0.15) is 0 Å². The van der Waals surface area contributed by atoms with Gasteiger partial charge >= 0.3 is 5.97 Å². The van der Waals surface area contributed by atoms with Crippen LogP contribution in [0.5, 0.6) is 0 Å². The number of nitrogens with zero attached hydrogens (tertiary/aromatic N) is 1. The molecule has 144 valence electrons. The van der Waals surface area contributed by atoms with Gasteiger partial charge in [-0.25, -0.2) is 0 Å². The minimum absolute atomic E-state index is 0.0815. The minimum atomic E-state index is -0.440. The summed E-state index contributed by atoms with van der Waals surface area (Å²) in [6, 6.07) is -0.207. The molecule has 2 rings (SSSR count). The topological polar surface area (TPSA) is 81.9 Å². The molecule has 6 heteroatoms. The second-order valence-electron chi connectivity index (χ2n) is 7.85. The Morgan fingerprint density at radius 1 is 1.16 bits per heavy atom. The van der Waals surface area contributed by atoms with Crippen molar-refractivity contribution in [2.45, 2.75) is 77.5 Å². The van der Waals surface area contributed by atoms with Gasteiger partial charge in [0.05, 0.1) is 18.8 Å². The smallest absolute Gasteiger partial charge is 0.303 e. The van der Waals surface area contributed by atoms with E-state index in [1.54, 1.807) is 4.90 Å². The maximum Gasteiger partial charge on any atom is 0.303 e. The number of carbonyl (C=O) groups is 2. The standard InChI is InChI=1S/C19H34N2O4/c1-13(2)15-6-8-16(9-7-15)25-11-18-17(20)5-4-10-21(18)19(23)12-24-14(3)22/h13,15-18H,4-12,20H2,1-3H3/t15?,16?,17-,18-/m0/s1. The van der Waals surface area contributed by atoms with Gasteiger partial charge in [-0.15, -0.1) is 0 Å². The third-order valence-electron chi connectivity index (χ3n) is 5.71. The third kappa shape index (κ3) is 5.96. The summed E-state index contributed by atoms with van der Waals surface area (Å²) < 4.78 is 11.0. The molecule has 2 aliphatic rings. The van der Waals surface area contributed by atoms with Crippen LogP contribution in [0, 0.1) is 11.8 Å². The lowest BCUT2D eigenvalue weighted by atomic mass is 9.80. The van der Waals surface area contributed by atoms with Crippen LogP contribution >= 0.6 is 0 Å². The molecule has 0 aromatic heterocycles. The molecule has 6 nitrogen and oxygen atoms in total. The molecule has 0 aromatic rings. The number of ether oxygens (including phenoxy) is 2. The second kappa shape index (κ2) is 9.53. The molecule has 2 N–H and O–H groups in total. The fraction of sp³-hybridized carbons (Fsp3) is 0.895. The van der Waals surface area contributed by atoms with Crippen LogP contribution in [0.15, 0.2) is 0 Å². The molecule has 0 unspecified atom stereocenters. The predicted molar refractivity (Wildman–Crippen MR) is 95.9 cm³/mol. The Morgan fingerprint density at radius 3 is 2.44 bits per heavy atom. The first-order valence-corrected chi connectivity index (χ1v) is 9.68. The average Bonchev–Trinajstić information content (AvgIpc) is 2.58. The first-order valence-electron chi connectivity index (χ1n) is 9.68. The van der Waals surface area contributed by atoms with Crippen LogP contribution in [0.3, 0.4) is 0 Å². The number of nitrogens with two attached hydrogens (primary N) is 1. The molecule has 2 fully saturated rings. The summed E-state index contributed by atoms with van der Waals surface area (Å²) in [5.41, 5.74) is 6.26. The highest BCUT2D eigenvalue weighted by molar-refractivity contribution is 5.80. The molecule has 0 aromatic carbocycles. The lowest BCUT2D eigenvalue weighted by Gasteiger charge is -2.40. The average molecular weight is 354 g/mol. The van der Waals surface area contributed by atoms with Crippen LogP contribution in [0.2, 0.25) is 0 Å². The first-order chi connectivity index (χ1) is 11.9. The highest BCUT2D eigenvalue weighted by atomic mass is 16.5. The summed E-state index contributed by atoms with van der Waals surface area (Å²) in [6.45, 7) is 6.81. The molecule has 0 spiro atoms. The molecule has 1 aliphatic heterocycles. The zero-order valence-electron chi connectivity index (χ0n) is 15.9. The Balaban J connectivity index is 1.84. The molecule has 1 saturated heterocycles. The van der Waals surface area contributed by atoms with E-state index in [1.807, 2.05) is 0 Å². The number of esters is 1. The number of hydrogen-bond donors (Lipinski definition) is 1. The highest BCUT2D eigenvalue weighted by Crippen LogP contribution is 2.31. The van der Waals surface area contributed by atoms with E-state index < -0.39 is 5.97 Å². The van der Waals surface area contributed by atoms with Crippen molar-refractivity contribution in [2.75, 3.05) is 19.8 Å². The van der Waals surface area contributed by atoms with Gasteiger partial charge in [-0.05, 0) is 50.4 Å². The monoisotopic (exact) mass is 354 g/mol. The van der Waals surface area contributed by atoms with E-state index in [0.29, 0.717) is 13.2 Å². The van der Waals surface area contributed by atoms with Gasteiger partial charge in [0, 0.05) is 19.5 Å². The summed E-state index contributed by atoms with van der Waals surface area (Å²) in [4.78, 5) is 25.1. The number of hydrogen-bond acceptors (Lipinski definition) is 5. The van der Waals surface area contributed by atoms with Gasteiger partial charge in [0.2, 0.25) is 0 Å². The summed E-state index contributed by atoms with van der Waals surface area (Å²) in [5, 5.41) is 0. The maximum atomic E-state index is 12.4. The van der Waals surface area contributed by atoms with E-state index in [1.165, 1.54) is 19.8 Å². The summed E-state index contributed by atoms with van der Waals surface area (Å²) in [5.74, 6) is 0.924. The van der Waals surface area contributed by atoms with Crippen LogP contribution in [0.4, 0.5) is 0 Å². The van der Waals surface area contributed by atoms with E-state index in [2.05, 4.69) is 13.8 Å². The van der Waals surface area contributed by atoms with E-state index in [-0.39, 0.29) is 30.7 Å². The Kier molecular flexibility index (Phi) is 7.69. The highest BCUT2D eigenvalue weighted by Gasteiger charge is 2.34. The van der Waals surface area contributed by atoms with E-state index in [4.69, 9.17) is 15.2 Å². The van der Waals surface area contributed by atoms with E-state index >= 15 is 0 Å². The Morgan fingerprint density at radius 2 is 1.84 bits per heavy atom. The van der Waals surface area contributed by atoms with Crippen molar-refractivity contribution in [1.29, 1.82) is 0 Å². The normalized spacial score (nSPS) is 30.4. The Bertz CT molecular complexity index is 447. The maximum absolute atomic E-state index is 12.4. The molecule has 1 saturated carbocycles. The molecule has 1 heterocycles. The second-order valence-corrected chi connectivity index (χ2v) is 7.85. The van der Waals surface area contributed by atoms with Gasteiger partial charge in [-0.1, -0.05) is 13.8 Å². The molecular formula is C19H34N2O4. The zero-order valence-corrected chi connectivity index (χ0v) is 15.9. The summed E-state index contributed by atoms with van der Waals surface area (Å²) in [6.07, 6.45) is 6.66. The van der Waals surface area contributed by atoms with Crippen molar-refractivity contribution < 1.29 is 19.1 Å². The number of amides is 1. The fourth-order valence-electron chi connectivity index (χ4n) is 4.01. The summed E-state index contributed by atoms with van der Waals surface area (Å²) >= 11 is 0. The van der Waals surface area contributed by atoms with Crippen LogP contribution in [-0.2, 0) is 19.1 Å². The van der Waals surface area contributed by atoms with Crippen LogP contribution in [0.1, 0.15) is 59.3 Å². The van der Waals surface area contributed by atoms with Crippen molar-refractivity contribution in [3.63, 3.8) is 0 Å². The van der Waals surface area contributed by atoms with Crippen molar-refractivity contribution in [1.82, 2.24) is 4.90 Å². The number of piperidine rings is 1. The van der Waals surface area contributed by atoms with Crippen molar-refractivity contribution in [3.05, 3.63) is 0 Å². The molecular weight excluding hydrogens is 320 g/mol. The van der Waals surface area contributed by atoms with Gasteiger partial charge in [0.25, 0.3) is 5.91 Å². The van der Waals surface area contributed by atoms with Crippen molar-refractivity contribution in [2.24, 2.45) is 17.6 Å². The summed E-state index contributed by atoms with van der Waals surface area (Å²) in [7, 11) is 0. The van der Waals surface area contributed by atoms with Gasteiger partial charge < -0.3 is 20.1 Å². The van der Waals surface area contributed by atoms with Crippen molar-refractivity contribution in [3.8, 4) is 0 Å². The third-order valence-corrected chi connectivity index (χ3v) is 5.71. The SMILES string of the molecule is CC(=O)OCC(=O)N1CCC[C@H](N)[C@@H]1COC1CCC(C(C)C)CC1. The Labute approximate surface area is 151 Å². The molecule has 1 aliphatic carbocycles. The first kappa shape index (κ1) is 20.2. The predicted octanol–water partition coefficient (Wildman–Crippen LogP) is 2.10. The number of rotatable bonds is 6. The van der Waals surface area contributed by atoms with E-state index in [9.17, 15) is 9.59 Å². The van der Waals surface area contributed by atoms with Crippen molar-refractivity contribution >= 4 is 11.9 Å². The molecule has 0 radical (unpaired) electrons.